The number of halogens is 1. The minimum absolute atomic E-state index is 0.214. The van der Waals surface area contributed by atoms with E-state index in [1.54, 1.807) is 0 Å². The smallest absolute Gasteiger partial charge is 0.224 e. The van der Waals surface area contributed by atoms with Gasteiger partial charge in [0.1, 0.15) is 0 Å². The normalized spacial score (nSPS) is 10.6. The van der Waals surface area contributed by atoms with Gasteiger partial charge in [-0.2, -0.15) is 9.97 Å². The highest BCUT2D eigenvalue weighted by atomic mass is 79.9. The fourth-order valence-corrected chi connectivity index (χ4v) is 2.70. The van der Waals surface area contributed by atoms with E-state index in [2.05, 4.69) is 30.9 Å². The van der Waals surface area contributed by atoms with Crippen LogP contribution in [0.15, 0.2) is 53.0 Å². The van der Waals surface area contributed by atoms with Crippen LogP contribution in [0.4, 0.5) is 5.95 Å². The van der Waals surface area contributed by atoms with Crippen molar-refractivity contribution >= 4 is 21.9 Å². The monoisotopic (exact) mass is 340 g/mol. The lowest BCUT2D eigenvalue weighted by Crippen LogP contribution is -2.02. The minimum atomic E-state index is 0.214. The molecule has 3 aromatic rings. The summed E-state index contributed by atoms with van der Waals surface area (Å²) in [5.41, 5.74) is 8.81. The van der Waals surface area contributed by atoms with Crippen molar-refractivity contribution in [1.82, 2.24) is 15.0 Å². The fourth-order valence-electron chi connectivity index (χ4n) is 2.03. The molecule has 21 heavy (non-hydrogen) atoms. The second-order valence-electron chi connectivity index (χ2n) is 4.69. The number of aromatic nitrogens is 3. The largest absolute Gasteiger partial charge is 0.368 e. The molecule has 2 aromatic carbocycles. The summed E-state index contributed by atoms with van der Waals surface area (Å²) in [5, 5.41) is 0. The van der Waals surface area contributed by atoms with E-state index in [9.17, 15) is 0 Å². The Kier molecular flexibility index (Phi) is 3.66. The number of rotatable bonds is 2. The highest BCUT2D eigenvalue weighted by Crippen LogP contribution is 2.28. The molecule has 104 valence electrons. The molecule has 0 saturated carbocycles. The van der Waals surface area contributed by atoms with Crippen LogP contribution in [0, 0.1) is 6.92 Å². The van der Waals surface area contributed by atoms with Crippen molar-refractivity contribution in [2.24, 2.45) is 0 Å². The first-order valence-corrected chi connectivity index (χ1v) is 7.26. The van der Waals surface area contributed by atoms with Crippen molar-refractivity contribution in [1.29, 1.82) is 0 Å². The third-order valence-electron chi connectivity index (χ3n) is 3.05. The number of nitrogen functional groups attached to an aromatic ring is 1. The number of nitrogens with two attached hydrogens (primary N) is 1. The zero-order chi connectivity index (χ0) is 14.8. The summed E-state index contributed by atoms with van der Waals surface area (Å²) in [4.78, 5) is 13.0. The van der Waals surface area contributed by atoms with Crippen LogP contribution in [0.5, 0.6) is 0 Å². The van der Waals surface area contributed by atoms with Crippen molar-refractivity contribution in [3.05, 3.63) is 58.6 Å². The van der Waals surface area contributed by atoms with Crippen LogP contribution in [0.1, 0.15) is 5.56 Å². The van der Waals surface area contributed by atoms with Crippen LogP contribution in [-0.4, -0.2) is 15.0 Å². The number of hydrogen-bond donors (Lipinski definition) is 1. The molecule has 0 radical (unpaired) electrons. The number of anilines is 1. The molecular formula is C16H13BrN4. The van der Waals surface area contributed by atoms with Crippen LogP contribution in [-0.2, 0) is 0 Å². The van der Waals surface area contributed by atoms with Gasteiger partial charge < -0.3 is 5.73 Å². The lowest BCUT2D eigenvalue weighted by Gasteiger charge is -2.07. The predicted molar refractivity (Wildman–Crippen MR) is 87.5 cm³/mol. The van der Waals surface area contributed by atoms with E-state index in [0.717, 1.165) is 21.2 Å². The molecule has 1 aromatic heterocycles. The lowest BCUT2D eigenvalue weighted by molar-refractivity contribution is 1.08. The van der Waals surface area contributed by atoms with Crippen LogP contribution in [0.2, 0.25) is 0 Å². The highest BCUT2D eigenvalue weighted by molar-refractivity contribution is 9.10. The molecular weight excluding hydrogens is 328 g/mol. The van der Waals surface area contributed by atoms with Gasteiger partial charge in [-0.1, -0.05) is 52.3 Å². The van der Waals surface area contributed by atoms with Gasteiger partial charge in [0.25, 0.3) is 0 Å². The second-order valence-corrected chi connectivity index (χ2v) is 5.54. The molecule has 5 heteroatoms. The van der Waals surface area contributed by atoms with Crippen LogP contribution in [0.25, 0.3) is 22.8 Å². The maximum absolute atomic E-state index is 5.84. The van der Waals surface area contributed by atoms with Gasteiger partial charge in [-0.3, -0.25) is 0 Å². The van der Waals surface area contributed by atoms with E-state index in [-0.39, 0.29) is 5.95 Å². The van der Waals surface area contributed by atoms with Crippen molar-refractivity contribution < 1.29 is 0 Å². The van der Waals surface area contributed by atoms with Gasteiger partial charge in [-0.05, 0) is 24.6 Å². The molecule has 1 heterocycles. The van der Waals surface area contributed by atoms with Crippen molar-refractivity contribution in [3.8, 4) is 22.8 Å². The Morgan fingerprint density at radius 3 is 2.33 bits per heavy atom. The highest BCUT2D eigenvalue weighted by Gasteiger charge is 2.11. The maximum atomic E-state index is 5.84. The van der Waals surface area contributed by atoms with Gasteiger partial charge in [0.2, 0.25) is 5.95 Å². The predicted octanol–water partition coefficient (Wildman–Crippen LogP) is 3.86. The topological polar surface area (TPSA) is 64.7 Å². The van der Waals surface area contributed by atoms with Crippen LogP contribution in [0.3, 0.4) is 0 Å². The van der Waals surface area contributed by atoms with E-state index in [4.69, 9.17) is 5.73 Å². The van der Waals surface area contributed by atoms with E-state index >= 15 is 0 Å². The Morgan fingerprint density at radius 1 is 0.905 bits per heavy atom. The average molecular weight is 341 g/mol. The second kappa shape index (κ2) is 5.61. The number of hydrogen-bond acceptors (Lipinski definition) is 4. The van der Waals surface area contributed by atoms with Crippen molar-refractivity contribution in [2.45, 2.75) is 6.92 Å². The van der Waals surface area contributed by atoms with E-state index in [1.165, 1.54) is 0 Å². The molecule has 0 atom stereocenters. The quantitative estimate of drug-likeness (QED) is 0.769. The maximum Gasteiger partial charge on any atom is 0.224 e. The molecule has 0 aliphatic carbocycles. The van der Waals surface area contributed by atoms with Gasteiger partial charge in [-0.25, -0.2) is 4.98 Å². The summed E-state index contributed by atoms with van der Waals surface area (Å²) in [6.45, 7) is 2.03. The Hall–Kier alpha value is -2.27. The van der Waals surface area contributed by atoms with E-state index in [1.807, 2.05) is 55.5 Å². The summed E-state index contributed by atoms with van der Waals surface area (Å²) in [6.07, 6.45) is 0. The van der Waals surface area contributed by atoms with E-state index in [0.29, 0.717) is 11.6 Å². The summed E-state index contributed by atoms with van der Waals surface area (Å²) in [7, 11) is 0. The van der Waals surface area contributed by atoms with Gasteiger partial charge in [-0.15, -0.1) is 0 Å². The van der Waals surface area contributed by atoms with Crippen molar-refractivity contribution in [3.63, 3.8) is 0 Å². The molecule has 2 N–H and O–H groups in total. The molecule has 0 aliphatic heterocycles. The minimum Gasteiger partial charge on any atom is -0.368 e. The first-order valence-electron chi connectivity index (χ1n) is 6.47. The number of benzene rings is 2. The molecule has 0 amide bonds. The zero-order valence-electron chi connectivity index (χ0n) is 11.4. The Bertz CT molecular complexity index is 788. The van der Waals surface area contributed by atoms with Crippen LogP contribution >= 0.6 is 15.9 Å². The average Bonchev–Trinajstić information content (AvgIpc) is 2.47. The first-order chi connectivity index (χ1) is 10.1. The van der Waals surface area contributed by atoms with Crippen LogP contribution < -0.4 is 5.73 Å². The van der Waals surface area contributed by atoms with Gasteiger partial charge >= 0.3 is 0 Å². The molecule has 0 fully saturated rings. The van der Waals surface area contributed by atoms with Crippen molar-refractivity contribution in [2.75, 3.05) is 5.73 Å². The molecule has 3 rings (SSSR count). The molecule has 0 bridgehead atoms. The number of aryl methyl sites for hydroxylation is 1. The number of nitrogens with zero attached hydrogens (tertiary/aromatic N) is 3. The fraction of sp³-hybridized carbons (Fsp3) is 0.0625. The molecule has 0 unspecified atom stereocenters. The molecule has 0 saturated heterocycles. The molecule has 0 aliphatic rings. The summed E-state index contributed by atoms with van der Waals surface area (Å²) < 4.78 is 0.937. The Balaban J connectivity index is 2.14. The SMILES string of the molecule is Cc1ccc(-c2nc(N)nc(-c3ccccc3)n2)c(Br)c1. The standard InChI is InChI=1S/C16H13BrN4/c1-10-7-8-12(13(17)9-10)15-19-14(20-16(18)21-15)11-5-3-2-4-6-11/h2-9H,1H3,(H2,18,19,20,21). The third kappa shape index (κ3) is 2.92. The summed E-state index contributed by atoms with van der Waals surface area (Å²) in [5.74, 6) is 1.35. The molecule has 0 spiro atoms. The summed E-state index contributed by atoms with van der Waals surface area (Å²) >= 11 is 3.55. The Labute approximate surface area is 131 Å². The zero-order valence-corrected chi connectivity index (χ0v) is 13.0. The van der Waals surface area contributed by atoms with E-state index < -0.39 is 0 Å². The van der Waals surface area contributed by atoms with Gasteiger partial charge in [0.05, 0.1) is 0 Å². The lowest BCUT2D eigenvalue weighted by atomic mass is 10.1. The third-order valence-corrected chi connectivity index (χ3v) is 3.71. The van der Waals surface area contributed by atoms with Gasteiger partial charge in [0.15, 0.2) is 11.6 Å². The Morgan fingerprint density at radius 2 is 1.62 bits per heavy atom. The summed E-state index contributed by atoms with van der Waals surface area (Å²) in [6, 6.07) is 15.7. The van der Waals surface area contributed by atoms with Gasteiger partial charge in [0, 0.05) is 15.6 Å². The first kappa shape index (κ1) is 13.7. The molecule has 4 nitrogen and oxygen atoms in total.